The van der Waals surface area contributed by atoms with Crippen molar-refractivity contribution in [1.82, 2.24) is 19.8 Å². The zero-order valence-corrected chi connectivity index (χ0v) is 20.7. The van der Waals surface area contributed by atoms with Crippen LogP contribution in [0.15, 0.2) is 40.3 Å². The molecule has 2 heterocycles. The second-order valence-electron chi connectivity index (χ2n) is 8.48. The Morgan fingerprint density at radius 2 is 1.94 bits per heavy atom. The first-order chi connectivity index (χ1) is 16.1. The summed E-state index contributed by atoms with van der Waals surface area (Å²) in [6.07, 6.45) is 5.60. The predicted octanol–water partition coefficient (Wildman–Crippen LogP) is 2.99. The van der Waals surface area contributed by atoms with Gasteiger partial charge in [0.15, 0.2) is 5.16 Å². The van der Waals surface area contributed by atoms with Crippen LogP contribution in [0.5, 0.6) is 0 Å². The van der Waals surface area contributed by atoms with E-state index in [-0.39, 0.29) is 11.5 Å². The topological polar surface area (TPSA) is 76.5 Å². The van der Waals surface area contributed by atoms with Gasteiger partial charge in [-0.1, -0.05) is 48.5 Å². The summed E-state index contributed by atoms with van der Waals surface area (Å²) >= 11 is 1.51. The molecule has 0 radical (unpaired) electrons. The lowest BCUT2D eigenvalue weighted by Crippen LogP contribution is -2.37. The molecule has 33 heavy (non-hydrogen) atoms. The van der Waals surface area contributed by atoms with Crippen LogP contribution in [0.3, 0.4) is 0 Å². The van der Waals surface area contributed by atoms with Crippen LogP contribution in [0, 0.1) is 0 Å². The number of nitrogens with zero attached hydrogens (tertiary/aromatic N) is 3. The number of nitrogens with one attached hydrogen (secondary N) is 1. The second-order valence-corrected chi connectivity index (χ2v) is 9.55. The van der Waals surface area contributed by atoms with E-state index in [2.05, 4.69) is 10.2 Å². The minimum Gasteiger partial charge on any atom is -0.378 e. The summed E-state index contributed by atoms with van der Waals surface area (Å²) in [5.74, 6) is 0.817. The number of methoxy groups -OCH3 is 1. The highest BCUT2D eigenvalue weighted by Gasteiger charge is 2.16. The van der Waals surface area contributed by atoms with Crippen molar-refractivity contribution >= 4 is 17.7 Å². The summed E-state index contributed by atoms with van der Waals surface area (Å²) in [6.45, 7) is 4.24. The van der Waals surface area contributed by atoms with E-state index < -0.39 is 0 Å². The molecule has 0 bridgehead atoms. The Morgan fingerprint density at radius 1 is 1.18 bits per heavy atom. The molecule has 3 rings (SSSR count). The van der Waals surface area contributed by atoms with E-state index in [9.17, 15) is 9.59 Å². The minimum absolute atomic E-state index is 0.0427. The highest BCUT2D eigenvalue weighted by Crippen LogP contribution is 2.19. The van der Waals surface area contributed by atoms with Gasteiger partial charge >= 0.3 is 0 Å². The average molecular weight is 473 g/mol. The molecule has 180 valence electrons. The molecule has 1 N–H and O–H groups in total. The molecule has 1 saturated heterocycles. The van der Waals surface area contributed by atoms with Crippen molar-refractivity contribution in [3.63, 3.8) is 0 Å². The molecule has 2 aromatic rings. The highest BCUT2D eigenvalue weighted by atomic mass is 32.2. The number of rotatable bonds is 12. The maximum Gasteiger partial charge on any atom is 0.257 e. The number of benzene rings is 1. The quantitative estimate of drug-likeness (QED) is 0.291. The summed E-state index contributed by atoms with van der Waals surface area (Å²) in [5.41, 5.74) is 2.38. The fourth-order valence-corrected chi connectivity index (χ4v) is 4.98. The molecule has 8 heteroatoms. The number of hydrogen-bond acceptors (Lipinski definition) is 6. The third-order valence-electron chi connectivity index (χ3n) is 5.91. The van der Waals surface area contributed by atoms with E-state index in [0.29, 0.717) is 42.4 Å². The van der Waals surface area contributed by atoms with Gasteiger partial charge in [0.05, 0.1) is 12.3 Å². The van der Waals surface area contributed by atoms with Gasteiger partial charge in [-0.25, -0.2) is 4.98 Å². The lowest BCUT2D eigenvalue weighted by molar-refractivity contribution is -0.121. The molecule has 0 atom stereocenters. The first kappa shape index (κ1) is 25.5. The molecular formula is C25H36N4O3S. The van der Waals surface area contributed by atoms with Crippen molar-refractivity contribution in [1.29, 1.82) is 0 Å². The van der Waals surface area contributed by atoms with Crippen LogP contribution in [-0.2, 0) is 29.6 Å². The number of aromatic nitrogens is 2. The Kier molecular flexibility index (Phi) is 10.4. The monoisotopic (exact) mass is 472 g/mol. The van der Waals surface area contributed by atoms with E-state index in [1.807, 2.05) is 30.3 Å². The summed E-state index contributed by atoms with van der Waals surface area (Å²) in [4.78, 5) is 32.4. The van der Waals surface area contributed by atoms with Crippen LogP contribution in [0.4, 0.5) is 0 Å². The Labute approximate surface area is 200 Å². The smallest absolute Gasteiger partial charge is 0.257 e. The second kappa shape index (κ2) is 13.5. The fourth-order valence-electron chi connectivity index (χ4n) is 4.05. The van der Waals surface area contributed by atoms with E-state index in [4.69, 9.17) is 9.72 Å². The zero-order valence-electron chi connectivity index (χ0n) is 19.8. The maximum atomic E-state index is 13.1. The van der Waals surface area contributed by atoms with Crippen LogP contribution >= 0.6 is 11.8 Å². The van der Waals surface area contributed by atoms with Gasteiger partial charge in [0.25, 0.3) is 5.56 Å². The van der Waals surface area contributed by atoms with E-state index in [1.54, 1.807) is 18.7 Å². The van der Waals surface area contributed by atoms with Gasteiger partial charge in [0, 0.05) is 51.4 Å². The number of ether oxygens (including phenoxy) is 1. The number of hydrogen-bond donors (Lipinski definition) is 1. The summed E-state index contributed by atoms with van der Waals surface area (Å²) in [5, 5.41) is 3.69. The molecule has 1 aromatic carbocycles. The van der Waals surface area contributed by atoms with E-state index >= 15 is 0 Å². The number of carbonyl (C=O) groups is 1. The number of carbonyl (C=O) groups excluding carboxylic acids is 1. The molecule has 1 aliphatic rings. The molecule has 1 aliphatic heterocycles. The molecule has 1 fully saturated rings. The highest BCUT2D eigenvalue weighted by molar-refractivity contribution is 7.99. The summed E-state index contributed by atoms with van der Waals surface area (Å²) in [7, 11) is 3.37. The van der Waals surface area contributed by atoms with Gasteiger partial charge in [0.1, 0.15) is 0 Å². The predicted molar refractivity (Wildman–Crippen MR) is 133 cm³/mol. The molecule has 1 aromatic heterocycles. The van der Waals surface area contributed by atoms with Gasteiger partial charge in [0.2, 0.25) is 5.91 Å². The van der Waals surface area contributed by atoms with Crippen molar-refractivity contribution in [2.45, 2.75) is 50.3 Å². The SMILES string of the molecule is COCc1nc(SCCCC(=O)NCCN2CCCCC2)n(C)c(=O)c1Cc1ccccc1. The fraction of sp³-hybridized carbons (Fsp3) is 0.560. The van der Waals surface area contributed by atoms with Gasteiger partial charge in [-0.3, -0.25) is 14.2 Å². The molecule has 0 spiro atoms. The molecular weight excluding hydrogens is 436 g/mol. The minimum atomic E-state index is -0.0427. The average Bonchev–Trinajstić information content (AvgIpc) is 2.83. The summed E-state index contributed by atoms with van der Waals surface area (Å²) < 4.78 is 6.93. The lowest BCUT2D eigenvalue weighted by Gasteiger charge is -2.26. The largest absolute Gasteiger partial charge is 0.378 e. The number of thioether (sulfide) groups is 1. The van der Waals surface area contributed by atoms with Crippen molar-refractivity contribution < 1.29 is 9.53 Å². The standard InChI is InChI=1S/C25H36N4O3S/c1-28-24(31)21(18-20-10-5-3-6-11-20)22(19-32-2)27-25(28)33-17-9-12-23(30)26-13-16-29-14-7-4-8-15-29/h3,5-6,10-11H,4,7-9,12-19H2,1-2H3,(H,26,30). The first-order valence-electron chi connectivity index (χ1n) is 11.8. The molecule has 0 aliphatic carbocycles. The molecule has 0 saturated carbocycles. The normalized spacial score (nSPS) is 14.4. The zero-order chi connectivity index (χ0) is 23.5. The van der Waals surface area contributed by atoms with Crippen molar-refractivity contribution in [2.24, 2.45) is 7.05 Å². The Bertz CT molecular complexity index is 943. The molecule has 7 nitrogen and oxygen atoms in total. The van der Waals surface area contributed by atoms with Crippen LogP contribution in [0.1, 0.15) is 48.9 Å². The number of piperidine rings is 1. The third kappa shape index (κ3) is 7.98. The van der Waals surface area contributed by atoms with Gasteiger partial charge < -0.3 is 15.0 Å². The Balaban J connectivity index is 1.49. The molecule has 1 amide bonds. The number of likely N-dealkylation sites (tertiary alicyclic amines) is 1. The van der Waals surface area contributed by atoms with Crippen LogP contribution < -0.4 is 10.9 Å². The van der Waals surface area contributed by atoms with E-state index in [0.717, 1.165) is 37.4 Å². The maximum absolute atomic E-state index is 13.1. The number of amides is 1. The van der Waals surface area contributed by atoms with Gasteiger partial charge in [-0.2, -0.15) is 0 Å². The van der Waals surface area contributed by atoms with Crippen LogP contribution in [0.25, 0.3) is 0 Å². The van der Waals surface area contributed by atoms with Gasteiger partial charge in [-0.15, -0.1) is 0 Å². The van der Waals surface area contributed by atoms with Crippen molar-refractivity contribution in [2.75, 3.05) is 39.0 Å². The lowest BCUT2D eigenvalue weighted by atomic mass is 10.0. The van der Waals surface area contributed by atoms with Crippen LogP contribution in [-0.4, -0.2) is 59.4 Å². The van der Waals surface area contributed by atoms with Crippen LogP contribution in [0.2, 0.25) is 0 Å². The van der Waals surface area contributed by atoms with Gasteiger partial charge in [-0.05, 0) is 37.9 Å². The third-order valence-corrected chi connectivity index (χ3v) is 7.03. The Morgan fingerprint density at radius 3 is 2.67 bits per heavy atom. The Hall–Kier alpha value is -2.16. The van der Waals surface area contributed by atoms with E-state index in [1.165, 1.54) is 31.0 Å². The summed E-state index contributed by atoms with van der Waals surface area (Å²) in [6, 6.07) is 9.92. The van der Waals surface area contributed by atoms with Crippen molar-refractivity contribution in [3.05, 3.63) is 57.5 Å². The first-order valence-corrected chi connectivity index (χ1v) is 12.8. The molecule has 0 unspecified atom stereocenters. The van der Waals surface area contributed by atoms with Crippen molar-refractivity contribution in [3.8, 4) is 0 Å².